The molecular formula is C45H46O2P2+2. The summed E-state index contributed by atoms with van der Waals surface area (Å²) < 4.78 is 14.2. The third-order valence-electron chi connectivity index (χ3n) is 9.86. The fourth-order valence-corrected chi connectivity index (χ4v) is 16.6. The van der Waals surface area contributed by atoms with Gasteiger partial charge in [0, 0.05) is 0 Å². The van der Waals surface area contributed by atoms with Gasteiger partial charge in [0.25, 0.3) is 0 Å². The van der Waals surface area contributed by atoms with E-state index >= 15 is 0 Å². The second-order valence-corrected chi connectivity index (χ2v) is 20.9. The second-order valence-electron chi connectivity index (χ2n) is 13.6. The van der Waals surface area contributed by atoms with Gasteiger partial charge in [-0.1, -0.05) is 133 Å². The van der Waals surface area contributed by atoms with Crippen LogP contribution in [0.5, 0.6) is 0 Å². The molecule has 0 aromatic heterocycles. The van der Waals surface area contributed by atoms with E-state index in [1.54, 1.807) is 0 Å². The number of rotatable bonds is 12. The molecule has 1 saturated heterocycles. The van der Waals surface area contributed by atoms with Crippen molar-refractivity contribution in [3.63, 3.8) is 0 Å². The molecule has 2 unspecified atom stereocenters. The summed E-state index contributed by atoms with van der Waals surface area (Å²) in [6, 6.07) is 67.0. The molecule has 246 valence electrons. The molecule has 6 aromatic rings. The highest BCUT2D eigenvalue weighted by atomic mass is 31.2. The Kier molecular flexibility index (Phi) is 10.2. The van der Waals surface area contributed by atoms with Crippen LogP contribution in [0.15, 0.2) is 182 Å². The van der Waals surface area contributed by atoms with Crippen molar-refractivity contribution in [2.75, 3.05) is 12.3 Å². The maximum absolute atomic E-state index is 7.09. The molecule has 0 bridgehead atoms. The molecule has 0 amide bonds. The summed E-state index contributed by atoms with van der Waals surface area (Å²) in [6.07, 6.45) is 3.57. The molecule has 1 fully saturated rings. The SMILES string of the molecule is CC1(C)OC(C[P+](Cc2ccccc2)(c2ccccc2)c2ccccc2)C(C[P+](Cc2ccccc2)(c2ccccc2)c2ccccc2)O1. The molecule has 49 heavy (non-hydrogen) atoms. The Bertz CT molecular complexity index is 1660. The van der Waals surface area contributed by atoms with Crippen LogP contribution in [0.3, 0.4) is 0 Å². The van der Waals surface area contributed by atoms with Crippen molar-refractivity contribution in [3.8, 4) is 0 Å². The topological polar surface area (TPSA) is 18.5 Å². The van der Waals surface area contributed by atoms with E-state index in [1.165, 1.54) is 32.3 Å². The average Bonchev–Trinajstić information content (AvgIpc) is 3.44. The molecule has 0 spiro atoms. The number of ether oxygens (including phenoxy) is 2. The van der Waals surface area contributed by atoms with Crippen LogP contribution < -0.4 is 21.2 Å². The fourth-order valence-electron chi connectivity index (χ4n) is 7.69. The maximum Gasteiger partial charge on any atom is 0.164 e. The lowest BCUT2D eigenvalue weighted by atomic mass is 10.2. The average molecular weight is 681 g/mol. The van der Waals surface area contributed by atoms with Crippen molar-refractivity contribution < 1.29 is 9.47 Å². The molecule has 4 heteroatoms. The third-order valence-corrected chi connectivity index (χ3v) is 18.8. The minimum atomic E-state index is -2.03. The predicted octanol–water partition coefficient (Wildman–Crippen LogP) is 9.24. The van der Waals surface area contributed by atoms with E-state index in [2.05, 4.69) is 196 Å². The van der Waals surface area contributed by atoms with Crippen LogP contribution in [-0.4, -0.2) is 30.3 Å². The van der Waals surface area contributed by atoms with Crippen molar-refractivity contribution in [1.82, 2.24) is 0 Å². The van der Waals surface area contributed by atoms with Crippen LogP contribution >= 0.6 is 14.5 Å². The van der Waals surface area contributed by atoms with Gasteiger partial charge in [-0.05, 0) is 73.5 Å². The summed E-state index contributed by atoms with van der Waals surface area (Å²) in [7, 11) is -4.07. The second kappa shape index (κ2) is 14.9. The monoisotopic (exact) mass is 680 g/mol. The lowest BCUT2D eigenvalue weighted by Gasteiger charge is -2.33. The fraction of sp³-hybridized carbons (Fsp3) is 0.200. The zero-order valence-electron chi connectivity index (χ0n) is 28.5. The minimum Gasteiger partial charge on any atom is -0.341 e. The first-order valence-corrected chi connectivity index (χ1v) is 21.7. The summed E-state index contributed by atoms with van der Waals surface area (Å²) in [5.74, 6) is -0.694. The molecule has 6 aromatic carbocycles. The first kappa shape index (κ1) is 33.6. The van der Waals surface area contributed by atoms with Gasteiger partial charge in [-0.15, -0.1) is 0 Å². The Morgan fingerprint density at radius 2 is 0.633 bits per heavy atom. The molecule has 0 saturated carbocycles. The molecule has 1 heterocycles. The Hall–Kier alpha value is -3.90. The van der Waals surface area contributed by atoms with Gasteiger partial charge >= 0.3 is 0 Å². The molecule has 7 rings (SSSR count). The lowest BCUT2D eigenvalue weighted by molar-refractivity contribution is -0.142. The molecule has 1 aliphatic heterocycles. The smallest absolute Gasteiger partial charge is 0.164 e. The van der Waals surface area contributed by atoms with Crippen molar-refractivity contribution >= 4 is 35.7 Å². The van der Waals surface area contributed by atoms with E-state index in [4.69, 9.17) is 9.47 Å². The summed E-state index contributed by atoms with van der Waals surface area (Å²) in [5.41, 5.74) is 2.72. The van der Waals surface area contributed by atoms with E-state index in [0.717, 1.165) is 24.6 Å². The highest BCUT2D eigenvalue weighted by molar-refractivity contribution is 7.89. The number of hydrogen-bond donors (Lipinski definition) is 0. The molecular weight excluding hydrogens is 634 g/mol. The summed E-state index contributed by atoms with van der Waals surface area (Å²) in [4.78, 5) is 0. The quantitative estimate of drug-likeness (QED) is 0.120. The van der Waals surface area contributed by atoms with E-state index in [0.29, 0.717) is 0 Å². The summed E-state index contributed by atoms with van der Waals surface area (Å²) >= 11 is 0. The lowest BCUT2D eigenvalue weighted by Crippen LogP contribution is -2.40. The van der Waals surface area contributed by atoms with Gasteiger partial charge in [-0.25, -0.2) is 0 Å². The zero-order valence-corrected chi connectivity index (χ0v) is 30.3. The van der Waals surface area contributed by atoms with E-state index < -0.39 is 20.3 Å². The Labute approximate surface area is 293 Å². The van der Waals surface area contributed by atoms with Crippen LogP contribution in [0.2, 0.25) is 0 Å². The normalized spacial score (nSPS) is 17.5. The molecule has 0 aliphatic carbocycles. The van der Waals surface area contributed by atoms with Gasteiger partial charge < -0.3 is 9.47 Å². The van der Waals surface area contributed by atoms with Crippen LogP contribution in [0.1, 0.15) is 25.0 Å². The van der Waals surface area contributed by atoms with Crippen molar-refractivity contribution in [2.45, 2.75) is 44.2 Å². The largest absolute Gasteiger partial charge is 0.341 e. The summed E-state index contributed by atoms with van der Waals surface area (Å²) in [6.45, 7) is 4.20. The van der Waals surface area contributed by atoms with Gasteiger partial charge in [0.1, 0.15) is 12.2 Å². The Morgan fingerprint density at radius 1 is 0.388 bits per heavy atom. The van der Waals surface area contributed by atoms with Crippen LogP contribution in [0, 0.1) is 0 Å². The van der Waals surface area contributed by atoms with Crippen LogP contribution in [0.4, 0.5) is 0 Å². The predicted molar refractivity (Wildman–Crippen MR) is 212 cm³/mol. The van der Waals surface area contributed by atoms with Crippen molar-refractivity contribution in [2.24, 2.45) is 0 Å². The van der Waals surface area contributed by atoms with Crippen LogP contribution in [-0.2, 0) is 21.8 Å². The maximum atomic E-state index is 7.09. The van der Waals surface area contributed by atoms with E-state index in [1.807, 2.05) is 0 Å². The zero-order chi connectivity index (χ0) is 33.6. The first-order chi connectivity index (χ1) is 24.0. The van der Waals surface area contributed by atoms with Gasteiger partial charge in [0.2, 0.25) is 0 Å². The summed E-state index contributed by atoms with van der Waals surface area (Å²) in [5, 5.41) is 5.64. The van der Waals surface area contributed by atoms with Crippen molar-refractivity contribution in [1.29, 1.82) is 0 Å². The van der Waals surface area contributed by atoms with Crippen molar-refractivity contribution in [3.05, 3.63) is 193 Å². The Balaban J connectivity index is 1.37. The molecule has 2 nitrogen and oxygen atoms in total. The highest BCUT2D eigenvalue weighted by Gasteiger charge is 2.56. The number of hydrogen-bond acceptors (Lipinski definition) is 2. The number of benzene rings is 6. The van der Waals surface area contributed by atoms with Gasteiger partial charge in [-0.2, -0.15) is 0 Å². The van der Waals surface area contributed by atoms with Gasteiger partial charge in [0.05, 0.1) is 60.4 Å². The standard InChI is InChI=1S/C45H46O2P2/c1-45(2)46-43(35-48(39-25-13-5-14-26-39,40-27-15-6-16-28-40)33-37-21-9-3-10-22-37)44(47-45)36-49(41-29-17-7-18-30-41,42-31-19-8-20-32-42)34-38-23-11-4-12-24-38/h3-32,43-44H,33-36H2,1-2H3/q+2. The molecule has 0 radical (unpaired) electrons. The van der Waals surface area contributed by atoms with E-state index in [9.17, 15) is 0 Å². The molecule has 2 atom stereocenters. The third kappa shape index (κ3) is 7.50. The highest BCUT2D eigenvalue weighted by Crippen LogP contribution is 2.64. The van der Waals surface area contributed by atoms with Crippen LogP contribution in [0.25, 0.3) is 0 Å². The Morgan fingerprint density at radius 3 is 0.898 bits per heavy atom. The molecule has 1 aliphatic rings. The van der Waals surface area contributed by atoms with Gasteiger partial charge in [-0.3, -0.25) is 0 Å². The first-order valence-electron chi connectivity index (χ1n) is 17.4. The van der Waals surface area contributed by atoms with Gasteiger partial charge in [0.15, 0.2) is 5.79 Å². The van der Waals surface area contributed by atoms with E-state index in [-0.39, 0.29) is 12.2 Å². The molecule has 0 N–H and O–H groups in total. The minimum absolute atomic E-state index is 0.0879.